The van der Waals surface area contributed by atoms with E-state index < -0.39 is 0 Å². The largest absolute Gasteiger partial charge is 0.393 e. The predicted molar refractivity (Wildman–Crippen MR) is 60.4 cm³/mol. The minimum Gasteiger partial charge on any atom is -0.393 e. The average Bonchev–Trinajstić information content (AvgIpc) is 2.01. The zero-order valence-corrected chi connectivity index (χ0v) is 10.3. The third kappa shape index (κ3) is 1.96. The summed E-state index contributed by atoms with van der Waals surface area (Å²) in [6.45, 7) is 12.3. The molecule has 2 nitrogen and oxygen atoms in total. The molecule has 0 aromatic carbocycles. The maximum Gasteiger partial charge on any atom is 0.0575 e. The highest BCUT2D eigenvalue weighted by atomic mass is 16.3. The van der Waals surface area contributed by atoms with E-state index in [1.54, 1.807) is 0 Å². The van der Waals surface area contributed by atoms with Crippen molar-refractivity contribution in [2.24, 2.45) is 0 Å². The molecule has 0 aromatic rings. The van der Waals surface area contributed by atoms with Gasteiger partial charge in [-0.1, -0.05) is 13.8 Å². The highest BCUT2D eigenvalue weighted by molar-refractivity contribution is 5.01. The molecule has 1 fully saturated rings. The Balaban J connectivity index is 2.94. The topological polar surface area (TPSA) is 23.5 Å². The second-order valence-electron chi connectivity index (χ2n) is 5.47. The Kier molecular flexibility index (Phi) is 3.27. The van der Waals surface area contributed by atoms with Gasteiger partial charge in [-0.15, -0.1) is 0 Å². The standard InChI is InChI=1S/C12H25NO/c1-6-12(5)9-10(14)8-11(3,4)13(12)7-2/h10,14H,6-9H2,1-5H3. The van der Waals surface area contributed by atoms with E-state index in [2.05, 4.69) is 39.5 Å². The van der Waals surface area contributed by atoms with E-state index in [0.29, 0.717) is 0 Å². The van der Waals surface area contributed by atoms with Crippen LogP contribution in [0.25, 0.3) is 0 Å². The summed E-state index contributed by atoms with van der Waals surface area (Å²) in [5.41, 5.74) is 0.313. The van der Waals surface area contributed by atoms with Crippen LogP contribution in [-0.2, 0) is 0 Å². The van der Waals surface area contributed by atoms with E-state index in [0.717, 1.165) is 25.8 Å². The summed E-state index contributed by atoms with van der Waals surface area (Å²) in [4.78, 5) is 2.55. The van der Waals surface area contributed by atoms with Crippen LogP contribution in [0.2, 0.25) is 0 Å². The lowest BCUT2D eigenvalue weighted by Gasteiger charge is -2.55. The Morgan fingerprint density at radius 3 is 2.21 bits per heavy atom. The van der Waals surface area contributed by atoms with Crippen LogP contribution >= 0.6 is 0 Å². The van der Waals surface area contributed by atoms with Gasteiger partial charge in [0.1, 0.15) is 0 Å². The van der Waals surface area contributed by atoms with Crippen molar-refractivity contribution in [3.63, 3.8) is 0 Å². The number of aliphatic hydroxyl groups is 1. The summed E-state index contributed by atoms with van der Waals surface area (Å²) in [5.74, 6) is 0. The van der Waals surface area contributed by atoms with E-state index in [-0.39, 0.29) is 17.2 Å². The molecule has 0 bridgehead atoms. The Morgan fingerprint density at radius 2 is 1.79 bits per heavy atom. The molecule has 2 atom stereocenters. The summed E-state index contributed by atoms with van der Waals surface area (Å²) in [5, 5.41) is 9.90. The van der Waals surface area contributed by atoms with Gasteiger partial charge in [-0.25, -0.2) is 0 Å². The third-order valence-electron chi connectivity index (χ3n) is 3.87. The molecule has 0 aliphatic carbocycles. The number of rotatable bonds is 2. The molecule has 2 unspecified atom stereocenters. The molecular formula is C12H25NO. The lowest BCUT2D eigenvalue weighted by molar-refractivity contribution is -0.0870. The number of piperidine rings is 1. The average molecular weight is 199 g/mol. The van der Waals surface area contributed by atoms with Crippen LogP contribution in [0, 0.1) is 0 Å². The first-order chi connectivity index (χ1) is 6.35. The third-order valence-corrected chi connectivity index (χ3v) is 3.87. The van der Waals surface area contributed by atoms with Crippen molar-refractivity contribution in [3.8, 4) is 0 Å². The molecule has 1 saturated heterocycles. The van der Waals surface area contributed by atoms with Crippen LogP contribution < -0.4 is 0 Å². The number of likely N-dealkylation sites (tertiary alicyclic amines) is 1. The molecule has 84 valence electrons. The molecule has 14 heavy (non-hydrogen) atoms. The van der Waals surface area contributed by atoms with E-state index in [4.69, 9.17) is 0 Å². The summed E-state index contributed by atoms with van der Waals surface area (Å²) < 4.78 is 0. The van der Waals surface area contributed by atoms with Gasteiger partial charge in [0.05, 0.1) is 6.10 Å². The summed E-state index contributed by atoms with van der Waals surface area (Å²) in [6, 6.07) is 0. The fourth-order valence-corrected chi connectivity index (χ4v) is 3.25. The van der Waals surface area contributed by atoms with Gasteiger partial charge in [-0.3, -0.25) is 4.90 Å². The fourth-order valence-electron chi connectivity index (χ4n) is 3.25. The Hall–Kier alpha value is -0.0800. The van der Waals surface area contributed by atoms with Gasteiger partial charge in [0.25, 0.3) is 0 Å². The highest BCUT2D eigenvalue weighted by Crippen LogP contribution is 2.39. The minimum absolute atomic E-state index is 0.127. The van der Waals surface area contributed by atoms with Crippen LogP contribution in [0.3, 0.4) is 0 Å². The predicted octanol–water partition coefficient (Wildman–Crippen LogP) is 2.41. The van der Waals surface area contributed by atoms with Gasteiger partial charge in [0.15, 0.2) is 0 Å². The molecule has 1 aliphatic heterocycles. The van der Waals surface area contributed by atoms with Crippen LogP contribution in [-0.4, -0.2) is 33.7 Å². The smallest absolute Gasteiger partial charge is 0.0575 e. The molecule has 0 saturated carbocycles. The van der Waals surface area contributed by atoms with Gasteiger partial charge < -0.3 is 5.11 Å². The van der Waals surface area contributed by atoms with Gasteiger partial charge >= 0.3 is 0 Å². The van der Waals surface area contributed by atoms with Gasteiger partial charge in [0, 0.05) is 11.1 Å². The van der Waals surface area contributed by atoms with Crippen molar-refractivity contribution >= 4 is 0 Å². The number of nitrogens with zero attached hydrogens (tertiary/aromatic N) is 1. The Morgan fingerprint density at radius 1 is 1.21 bits per heavy atom. The van der Waals surface area contributed by atoms with Crippen molar-refractivity contribution < 1.29 is 5.11 Å². The monoisotopic (exact) mass is 199 g/mol. The van der Waals surface area contributed by atoms with Crippen molar-refractivity contribution in [1.82, 2.24) is 4.90 Å². The molecule has 1 heterocycles. The lowest BCUT2D eigenvalue weighted by atomic mass is 9.76. The SMILES string of the molecule is CCN1C(C)(C)CC(O)CC1(C)CC. The molecular weight excluding hydrogens is 174 g/mol. The van der Waals surface area contributed by atoms with Crippen molar-refractivity contribution in [3.05, 3.63) is 0 Å². The molecule has 2 heteroatoms. The highest BCUT2D eigenvalue weighted by Gasteiger charge is 2.45. The number of hydrogen-bond acceptors (Lipinski definition) is 2. The zero-order valence-electron chi connectivity index (χ0n) is 10.3. The summed E-state index contributed by atoms with van der Waals surface area (Å²) in [6.07, 6.45) is 2.80. The van der Waals surface area contributed by atoms with Gasteiger partial charge in [-0.05, 0) is 46.6 Å². The van der Waals surface area contributed by atoms with E-state index in [1.165, 1.54) is 0 Å². The molecule has 1 N–H and O–H groups in total. The summed E-state index contributed by atoms with van der Waals surface area (Å²) in [7, 11) is 0. The first-order valence-electron chi connectivity index (χ1n) is 5.81. The first kappa shape index (κ1) is 12.0. The van der Waals surface area contributed by atoms with Gasteiger partial charge in [-0.2, -0.15) is 0 Å². The first-order valence-corrected chi connectivity index (χ1v) is 5.81. The van der Waals surface area contributed by atoms with Crippen LogP contribution in [0.15, 0.2) is 0 Å². The van der Waals surface area contributed by atoms with Gasteiger partial charge in [0.2, 0.25) is 0 Å². The van der Waals surface area contributed by atoms with E-state index in [1.807, 2.05) is 0 Å². The normalized spacial score (nSPS) is 38.6. The molecule has 0 spiro atoms. The number of aliphatic hydroxyl groups excluding tert-OH is 1. The Bertz CT molecular complexity index is 202. The zero-order chi connectivity index (χ0) is 11.0. The summed E-state index contributed by atoms with van der Waals surface area (Å²) >= 11 is 0. The maximum absolute atomic E-state index is 9.90. The molecule has 1 rings (SSSR count). The Labute approximate surface area is 88.3 Å². The molecule has 1 aliphatic rings. The van der Waals surface area contributed by atoms with Crippen molar-refractivity contribution in [2.45, 2.75) is 71.1 Å². The second-order valence-corrected chi connectivity index (χ2v) is 5.47. The van der Waals surface area contributed by atoms with E-state index >= 15 is 0 Å². The van der Waals surface area contributed by atoms with Crippen molar-refractivity contribution in [1.29, 1.82) is 0 Å². The quantitative estimate of drug-likeness (QED) is 0.738. The maximum atomic E-state index is 9.90. The molecule has 0 aromatic heterocycles. The number of hydrogen-bond donors (Lipinski definition) is 1. The van der Waals surface area contributed by atoms with Crippen LogP contribution in [0.1, 0.15) is 53.9 Å². The van der Waals surface area contributed by atoms with E-state index in [9.17, 15) is 5.11 Å². The van der Waals surface area contributed by atoms with Crippen LogP contribution in [0.4, 0.5) is 0 Å². The fraction of sp³-hybridized carbons (Fsp3) is 1.00. The lowest BCUT2D eigenvalue weighted by Crippen LogP contribution is -2.62. The van der Waals surface area contributed by atoms with Crippen molar-refractivity contribution in [2.75, 3.05) is 6.54 Å². The molecule has 0 radical (unpaired) electrons. The van der Waals surface area contributed by atoms with Crippen LogP contribution in [0.5, 0.6) is 0 Å². The minimum atomic E-state index is -0.127. The molecule has 0 amide bonds. The second kappa shape index (κ2) is 3.82.